The third kappa shape index (κ3) is 3.49. The normalized spacial score (nSPS) is 14.8. The number of nitrogens with zero attached hydrogens (tertiary/aromatic N) is 2. The lowest BCUT2D eigenvalue weighted by atomic mass is 9.97. The molecule has 0 N–H and O–H groups in total. The van der Waals surface area contributed by atoms with Gasteiger partial charge in [-0.2, -0.15) is 0 Å². The van der Waals surface area contributed by atoms with Gasteiger partial charge in [-0.05, 0) is 55.8 Å². The highest BCUT2D eigenvalue weighted by atomic mass is 16.5. The third-order valence-electron chi connectivity index (χ3n) is 6.15. The van der Waals surface area contributed by atoms with Crippen molar-refractivity contribution in [2.45, 2.75) is 19.9 Å². The number of anilines is 1. The molecule has 8 nitrogen and oxygen atoms in total. The lowest BCUT2D eigenvalue weighted by Crippen LogP contribution is -2.30. The Morgan fingerprint density at radius 2 is 1.63 bits per heavy atom. The van der Waals surface area contributed by atoms with E-state index in [9.17, 15) is 9.59 Å². The lowest BCUT2D eigenvalue weighted by molar-refractivity contribution is 0.0970. The minimum absolute atomic E-state index is 0.00610. The molecule has 1 amide bonds. The van der Waals surface area contributed by atoms with E-state index >= 15 is 0 Å². The van der Waals surface area contributed by atoms with Crippen LogP contribution in [0.1, 0.15) is 39.0 Å². The van der Waals surface area contributed by atoms with Crippen LogP contribution in [0, 0.1) is 13.8 Å². The van der Waals surface area contributed by atoms with Crippen molar-refractivity contribution < 1.29 is 23.4 Å². The molecule has 8 heteroatoms. The second-order valence-electron chi connectivity index (χ2n) is 8.35. The number of hydrogen-bond donors (Lipinski definition) is 0. The van der Waals surface area contributed by atoms with Crippen LogP contribution in [-0.4, -0.2) is 32.2 Å². The zero-order valence-corrected chi connectivity index (χ0v) is 20.0. The van der Waals surface area contributed by atoms with Crippen molar-refractivity contribution in [2.24, 2.45) is 0 Å². The van der Waals surface area contributed by atoms with E-state index in [1.54, 1.807) is 30.3 Å². The molecule has 1 aliphatic rings. The molecule has 3 heterocycles. The number of hydrogen-bond acceptors (Lipinski definition) is 7. The molecule has 1 unspecified atom stereocenters. The van der Waals surface area contributed by atoms with Gasteiger partial charge >= 0.3 is 0 Å². The van der Waals surface area contributed by atoms with Crippen LogP contribution in [0.15, 0.2) is 57.7 Å². The maximum Gasteiger partial charge on any atom is 0.296 e. The highest BCUT2D eigenvalue weighted by Gasteiger charge is 2.45. The lowest BCUT2D eigenvalue weighted by Gasteiger charge is -2.25. The highest BCUT2D eigenvalue weighted by molar-refractivity contribution is 6.10. The molecule has 1 aliphatic heterocycles. The van der Waals surface area contributed by atoms with Crippen molar-refractivity contribution in [3.8, 4) is 17.2 Å². The maximum atomic E-state index is 13.8. The molecule has 0 radical (unpaired) electrons. The van der Waals surface area contributed by atoms with E-state index in [1.165, 1.54) is 26.2 Å². The standard InChI is InChI=1S/C27H24N2O6/c1-14-9-10-18-17(11-14)24(30)22-23(16-12-19(32-3)25(34-5)20(13-16)33-4)29(27(31)26(22)35-18)21-8-6-7-15(2)28-21/h6-13,23H,1-5H3. The second kappa shape index (κ2) is 8.47. The summed E-state index contributed by atoms with van der Waals surface area (Å²) in [6.45, 7) is 3.74. The SMILES string of the molecule is COc1cc(C2c3c(oc4ccc(C)cc4c3=O)C(=O)N2c2cccc(C)n2)cc(OC)c1OC. The number of rotatable bonds is 5. The third-order valence-corrected chi connectivity index (χ3v) is 6.15. The number of benzene rings is 2. The van der Waals surface area contributed by atoms with Crippen molar-refractivity contribution in [1.29, 1.82) is 0 Å². The van der Waals surface area contributed by atoms with E-state index in [4.69, 9.17) is 18.6 Å². The van der Waals surface area contributed by atoms with Gasteiger partial charge < -0.3 is 18.6 Å². The van der Waals surface area contributed by atoms with Gasteiger partial charge in [0.1, 0.15) is 11.4 Å². The Kier molecular flexibility index (Phi) is 5.43. The molecule has 0 saturated carbocycles. The summed E-state index contributed by atoms with van der Waals surface area (Å²) in [6.07, 6.45) is 0. The average molecular weight is 472 g/mol. The number of carbonyl (C=O) groups is 1. The summed E-state index contributed by atoms with van der Waals surface area (Å²) in [4.78, 5) is 33.6. The first kappa shape index (κ1) is 22.5. The fourth-order valence-corrected chi connectivity index (χ4v) is 4.56. The highest BCUT2D eigenvalue weighted by Crippen LogP contribution is 2.46. The fourth-order valence-electron chi connectivity index (χ4n) is 4.56. The van der Waals surface area contributed by atoms with Gasteiger partial charge in [-0.3, -0.25) is 14.5 Å². The Labute approximate surface area is 201 Å². The van der Waals surface area contributed by atoms with Crippen molar-refractivity contribution in [1.82, 2.24) is 4.98 Å². The Morgan fingerprint density at radius 3 is 2.26 bits per heavy atom. The quantitative estimate of drug-likeness (QED) is 0.420. The first-order chi connectivity index (χ1) is 16.9. The molecule has 35 heavy (non-hydrogen) atoms. The Balaban J connectivity index is 1.85. The van der Waals surface area contributed by atoms with Gasteiger partial charge in [-0.25, -0.2) is 4.98 Å². The minimum atomic E-state index is -0.818. The van der Waals surface area contributed by atoms with Crippen LogP contribution in [0.3, 0.4) is 0 Å². The van der Waals surface area contributed by atoms with E-state index in [0.29, 0.717) is 39.6 Å². The number of amides is 1. The maximum absolute atomic E-state index is 13.8. The number of methoxy groups -OCH3 is 3. The van der Waals surface area contributed by atoms with Crippen LogP contribution in [0.2, 0.25) is 0 Å². The van der Waals surface area contributed by atoms with E-state index in [0.717, 1.165) is 11.3 Å². The molecular formula is C27H24N2O6. The van der Waals surface area contributed by atoms with Gasteiger partial charge in [-0.15, -0.1) is 0 Å². The predicted molar refractivity (Wildman–Crippen MR) is 131 cm³/mol. The van der Waals surface area contributed by atoms with E-state index < -0.39 is 11.9 Å². The first-order valence-electron chi connectivity index (χ1n) is 11.0. The van der Waals surface area contributed by atoms with Crippen LogP contribution < -0.4 is 24.5 Å². The van der Waals surface area contributed by atoms with Gasteiger partial charge in [0.15, 0.2) is 16.9 Å². The van der Waals surface area contributed by atoms with Gasteiger partial charge in [0.05, 0.1) is 38.3 Å². The van der Waals surface area contributed by atoms with Crippen molar-refractivity contribution in [3.05, 3.63) is 86.9 Å². The number of pyridine rings is 1. The summed E-state index contributed by atoms with van der Waals surface area (Å²) in [7, 11) is 4.54. The van der Waals surface area contributed by atoms with Gasteiger partial charge in [-0.1, -0.05) is 17.7 Å². The van der Waals surface area contributed by atoms with E-state index in [2.05, 4.69) is 4.98 Å². The Hall–Kier alpha value is -4.33. The number of ether oxygens (including phenoxy) is 3. The summed E-state index contributed by atoms with van der Waals surface area (Å²) in [5, 5.41) is 0.410. The molecule has 4 aromatic rings. The Bertz CT molecular complexity index is 1520. The minimum Gasteiger partial charge on any atom is -0.493 e. The molecular weight excluding hydrogens is 448 g/mol. The predicted octanol–water partition coefficient (Wildman–Crippen LogP) is 4.58. The molecule has 5 rings (SSSR count). The molecule has 178 valence electrons. The zero-order valence-electron chi connectivity index (χ0n) is 20.0. The molecule has 0 bridgehead atoms. The molecule has 2 aromatic heterocycles. The second-order valence-corrected chi connectivity index (χ2v) is 8.35. The summed E-state index contributed by atoms with van der Waals surface area (Å²) >= 11 is 0. The molecule has 1 atom stereocenters. The molecule has 0 fully saturated rings. The summed E-state index contributed by atoms with van der Waals surface area (Å²) in [6, 6.07) is 13.4. The fraction of sp³-hybridized carbons (Fsp3) is 0.222. The van der Waals surface area contributed by atoms with Crippen molar-refractivity contribution in [3.63, 3.8) is 0 Å². The zero-order chi connectivity index (χ0) is 24.9. The first-order valence-corrected chi connectivity index (χ1v) is 11.0. The number of carbonyl (C=O) groups excluding carboxylic acids is 1. The average Bonchev–Trinajstić information content (AvgIpc) is 3.16. The van der Waals surface area contributed by atoms with Crippen LogP contribution in [0.25, 0.3) is 11.0 Å². The Morgan fingerprint density at radius 1 is 0.914 bits per heavy atom. The van der Waals surface area contributed by atoms with Crippen molar-refractivity contribution >= 4 is 22.7 Å². The summed E-state index contributed by atoms with van der Waals surface area (Å²) in [5.41, 5.74) is 2.56. The van der Waals surface area contributed by atoms with Crippen molar-refractivity contribution in [2.75, 3.05) is 26.2 Å². The topological polar surface area (TPSA) is 91.1 Å². The molecule has 0 saturated heterocycles. The number of fused-ring (bicyclic) bond motifs is 2. The number of aryl methyl sites for hydroxylation is 2. The van der Waals surface area contributed by atoms with Gasteiger partial charge in [0.25, 0.3) is 5.91 Å². The van der Waals surface area contributed by atoms with Crippen LogP contribution in [-0.2, 0) is 0 Å². The van der Waals surface area contributed by atoms with Crippen LogP contribution in [0.4, 0.5) is 5.82 Å². The molecule has 0 spiro atoms. The van der Waals surface area contributed by atoms with E-state index in [1.807, 2.05) is 32.0 Å². The summed E-state index contributed by atoms with van der Waals surface area (Å²) < 4.78 is 22.6. The largest absolute Gasteiger partial charge is 0.493 e. The van der Waals surface area contributed by atoms with Crippen LogP contribution in [0.5, 0.6) is 17.2 Å². The van der Waals surface area contributed by atoms with Crippen LogP contribution >= 0.6 is 0 Å². The smallest absolute Gasteiger partial charge is 0.296 e. The van der Waals surface area contributed by atoms with Gasteiger partial charge in [0, 0.05) is 5.69 Å². The monoisotopic (exact) mass is 472 g/mol. The van der Waals surface area contributed by atoms with E-state index in [-0.39, 0.29) is 16.8 Å². The summed E-state index contributed by atoms with van der Waals surface area (Å²) in [5.74, 6) is 1.16. The number of aromatic nitrogens is 1. The van der Waals surface area contributed by atoms with Gasteiger partial charge in [0.2, 0.25) is 11.5 Å². The molecule has 0 aliphatic carbocycles. The molecule has 2 aromatic carbocycles.